The second-order valence-corrected chi connectivity index (χ2v) is 9.90. The Morgan fingerprint density at radius 2 is 1.96 bits per heavy atom. The van der Waals surface area contributed by atoms with Gasteiger partial charge in [0.2, 0.25) is 0 Å². The van der Waals surface area contributed by atoms with Crippen LogP contribution >= 0.6 is 12.4 Å². The molecule has 0 radical (unpaired) electrons. The Hall–Kier alpha value is -0.870. The van der Waals surface area contributed by atoms with Gasteiger partial charge in [-0.2, -0.15) is 0 Å². The first-order valence-corrected chi connectivity index (χ1v) is 11.0. The molecule has 28 heavy (non-hydrogen) atoms. The van der Waals surface area contributed by atoms with Gasteiger partial charge in [0.25, 0.3) is 0 Å². The molecule has 0 amide bonds. The third-order valence-corrected chi connectivity index (χ3v) is 8.87. The number of carbonyl (C=O) groups is 1. The Labute approximate surface area is 176 Å². The average Bonchev–Trinajstić information content (AvgIpc) is 2.96. The highest BCUT2D eigenvalue weighted by atomic mass is 35.5. The molecule has 4 saturated carbocycles. The summed E-state index contributed by atoms with van der Waals surface area (Å²) in [5, 5.41) is 4.41. The summed E-state index contributed by atoms with van der Waals surface area (Å²) < 4.78 is 0. The molecule has 4 fully saturated rings. The molecular formula is C23H37ClN2O2. The molecule has 0 spiro atoms. The van der Waals surface area contributed by atoms with E-state index in [1.165, 1.54) is 25.0 Å². The molecule has 0 aliphatic heterocycles. The Bertz CT molecular complexity index is 676. The van der Waals surface area contributed by atoms with Crippen LogP contribution in [0.4, 0.5) is 0 Å². The average molecular weight is 409 g/mol. The Kier molecular flexibility index (Phi) is 6.32. The molecule has 4 aliphatic rings. The molecule has 0 aromatic rings. The van der Waals surface area contributed by atoms with Crippen LogP contribution in [0.5, 0.6) is 0 Å². The number of fused-ring (bicyclic) bond motifs is 5. The number of hydrogen-bond acceptors (Lipinski definition) is 4. The van der Waals surface area contributed by atoms with Gasteiger partial charge in [0.1, 0.15) is 12.4 Å². The molecule has 0 aromatic heterocycles. The smallest absolute Gasteiger partial charge is 0.139 e. The third kappa shape index (κ3) is 3.25. The maximum Gasteiger partial charge on any atom is 0.139 e. The quantitative estimate of drug-likeness (QED) is 0.410. The molecule has 0 bridgehead atoms. The summed E-state index contributed by atoms with van der Waals surface area (Å²) in [7, 11) is 0. The summed E-state index contributed by atoms with van der Waals surface area (Å²) in [6.45, 7) is 8.03. The fourth-order valence-electron chi connectivity index (χ4n) is 7.33. The van der Waals surface area contributed by atoms with E-state index in [1.54, 1.807) is 5.57 Å². The van der Waals surface area contributed by atoms with E-state index in [4.69, 9.17) is 10.6 Å². The normalized spacial score (nSPS) is 45.2. The zero-order valence-electron chi connectivity index (χ0n) is 17.7. The number of allylic oxidation sites excluding steroid dienone is 2. The number of nitrogens with two attached hydrogens (primary N) is 1. The summed E-state index contributed by atoms with van der Waals surface area (Å²) >= 11 is 0. The molecule has 0 aromatic carbocycles. The first kappa shape index (κ1) is 21.8. The number of rotatable bonds is 3. The number of carbonyl (C=O) groups excluding carboxylic acids is 1. The molecule has 0 saturated heterocycles. The van der Waals surface area contributed by atoms with Crippen molar-refractivity contribution in [3.63, 3.8) is 0 Å². The molecule has 2 N–H and O–H groups in total. The number of ketones is 1. The Morgan fingerprint density at radius 3 is 2.68 bits per heavy atom. The van der Waals surface area contributed by atoms with E-state index in [0.717, 1.165) is 38.0 Å². The fraction of sp³-hybridized carbons (Fsp3) is 0.826. The minimum atomic E-state index is -0.0411. The summed E-state index contributed by atoms with van der Waals surface area (Å²) in [5.41, 5.74) is 8.63. The first-order valence-electron chi connectivity index (χ1n) is 11.0. The van der Waals surface area contributed by atoms with Crippen LogP contribution in [0.15, 0.2) is 16.8 Å². The van der Waals surface area contributed by atoms with Gasteiger partial charge in [-0.25, -0.2) is 0 Å². The van der Waals surface area contributed by atoms with Gasteiger partial charge in [0, 0.05) is 18.4 Å². The summed E-state index contributed by atoms with van der Waals surface area (Å²) in [6.07, 6.45) is 11.1. The van der Waals surface area contributed by atoms with Crippen LogP contribution in [0.1, 0.15) is 72.1 Å². The van der Waals surface area contributed by atoms with Crippen molar-refractivity contribution in [2.45, 2.75) is 72.1 Å². The molecule has 5 heteroatoms. The van der Waals surface area contributed by atoms with Crippen LogP contribution in [0, 0.1) is 34.5 Å². The first-order chi connectivity index (χ1) is 12.9. The zero-order valence-corrected chi connectivity index (χ0v) is 18.5. The number of halogens is 1. The lowest BCUT2D eigenvalue weighted by atomic mass is 9.44. The highest BCUT2D eigenvalue weighted by Gasteiger charge is 2.60. The molecule has 6 atom stereocenters. The van der Waals surface area contributed by atoms with Crippen molar-refractivity contribution in [2.75, 3.05) is 13.2 Å². The summed E-state index contributed by atoms with van der Waals surface area (Å²) in [5.74, 6) is 3.16. The monoisotopic (exact) mass is 408 g/mol. The van der Waals surface area contributed by atoms with E-state index in [1.807, 2.05) is 0 Å². The van der Waals surface area contributed by atoms with Crippen molar-refractivity contribution < 1.29 is 9.63 Å². The van der Waals surface area contributed by atoms with Gasteiger partial charge in [-0.3, -0.25) is 4.79 Å². The van der Waals surface area contributed by atoms with E-state index < -0.39 is 0 Å². The molecule has 0 unspecified atom stereocenters. The van der Waals surface area contributed by atoms with Gasteiger partial charge in [-0.15, -0.1) is 12.4 Å². The van der Waals surface area contributed by atoms with Crippen LogP contribution in [0.25, 0.3) is 0 Å². The minimum absolute atomic E-state index is 0. The Morgan fingerprint density at radius 1 is 1.18 bits per heavy atom. The Balaban J connectivity index is 0.00000225. The van der Waals surface area contributed by atoms with Crippen LogP contribution in [0.3, 0.4) is 0 Å². The van der Waals surface area contributed by atoms with Gasteiger partial charge >= 0.3 is 0 Å². The predicted octanol–water partition coefficient (Wildman–Crippen LogP) is 4.91. The number of Topliss-reactive ketones (excluding diaryl/α,β-unsaturated/α-hetero) is 1. The van der Waals surface area contributed by atoms with Gasteiger partial charge in [-0.05, 0) is 81.0 Å². The van der Waals surface area contributed by atoms with Crippen LogP contribution in [0.2, 0.25) is 0 Å². The van der Waals surface area contributed by atoms with E-state index in [0.29, 0.717) is 42.1 Å². The van der Waals surface area contributed by atoms with Crippen LogP contribution in [-0.2, 0) is 9.63 Å². The minimum Gasteiger partial charge on any atom is -0.395 e. The lowest BCUT2D eigenvalue weighted by Crippen LogP contribution is -2.54. The van der Waals surface area contributed by atoms with Crippen molar-refractivity contribution in [1.82, 2.24) is 0 Å². The van der Waals surface area contributed by atoms with Crippen molar-refractivity contribution in [3.8, 4) is 0 Å². The SMILES string of the molecule is C/C=C1\C[C@@H]2[C@H](CC[C@]3(C)C(=O)CC[C@@H]23)[C@@]2(C)CCC(=NOCCN)C[C@H]12.Cl. The van der Waals surface area contributed by atoms with E-state index >= 15 is 0 Å². The second kappa shape index (κ2) is 8.10. The summed E-state index contributed by atoms with van der Waals surface area (Å²) in [4.78, 5) is 18.0. The third-order valence-electron chi connectivity index (χ3n) is 8.87. The standard InChI is InChI=1S/C23H36N2O2.ClH/c1-4-15-13-17-18-5-6-21(26)23(18,3)10-8-19(17)22(2)9-7-16(14-20(15)22)25-27-12-11-24;/h4,17-20H,5-14,24H2,1-3H3;1H/b15-4+,25-16?;/t17-,18-,19-,20+,22+,23-;/m0./s1. The lowest BCUT2D eigenvalue weighted by molar-refractivity contribution is -0.134. The van der Waals surface area contributed by atoms with Crippen LogP contribution in [-0.4, -0.2) is 24.6 Å². The van der Waals surface area contributed by atoms with Gasteiger partial charge in [-0.1, -0.05) is 30.7 Å². The van der Waals surface area contributed by atoms with Crippen molar-refractivity contribution >= 4 is 23.9 Å². The lowest BCUT2D eigenvalue weighted by Gasteiger charge is -2.60. The van der Waals surface area contributed by atoms with E-state index in [-0.39, 0.29) is 17.8 Å². The van der Waals surface area contributed by atoms with Gasteiger partial charge in [0.05, 0.1) is 5.71 Å². The molecule has 0 heterocycles. The van der Waals surface area contributed by atoms with E-state index in [9.17, 15) is 4.79 Å². The second-order valence-electron chi connectivity index (χ2n) is 9.90. The zero-order chi connectivity index (χ0) is 19.2. The number of hydrogen-bond donors (Lipinski definition) is 1. The van der Waals surface area contributed by atoms with Gasteiger partial charge < -0.3 is 10.6 Å². The molecule has 4 rings (SSSR count). The number of oxime groups is 1. The topological polar surface area (TPSA) is 64.7 Å². The summed E-state index contributed by atoms with van der Waals surface area (Å²) in [6, 6.07) is 0. The fourth-order valence-corrected chi connectivity index (χ4v) is 7.33. The van der Waals surface area contributed by atoms with E-state index in [2.05, 4.69) is 32.0 Å². The molecule has 158 valence electrons. The highest BCUT2D eigenvalue weighted by molar-refractivity contribution is 5.87. The van der Waals surface area contributed by atoms with Crippen molar-refractivity contribution in [3.05, 3.63) is 11.6 Å². The number of nitrogens with zero attached hydrogens (tertiary/aromatic N) is 1. The van der Waals surface area contributed by atoms with Gasteiger partial charge in [0.15, 0.2) is 0 Å². The maximum absolute atomic E-state index is 12.6. The molecule has 4 aliphatic carbocycles. The largest absolute Gasteiger partial charge is 0.395 e. The molecular weight excluding hydrogens is 372 g/mol. The van der Waals surface area contributed by atoms with Crippen LogP contribution < -0.4 is 5.73 Å². The molecule has 4 nitrogen and oxygen atoms in total. The maximum atomic E-state index is 12.6. The van der Waals surface area contributed by atoms with Crippen molar-refractivity contribution in [1.29, 1.82) is 0 Å². The predicted molar refractivity (Wildman–Crippen MR) is 116 cm³/mol. The highest BCUT2D eigenvalue weighted by Crippen LogP contribution is 2.66. The van der Waals surface area contributed by atoms with Crippen molar-refractivity contribution in [2.24, 2.45) is 45.4 Å².